The molecule has 1 fully saturated rings. The van der Waals surface area contributed by atoms with Crippen LogP contribution in [0.15, 0.2) is 22.7 Å². The Hall–Kier alpha value is -1.30. The molecule has 1 atom stereocenters. The van der Waals surface area contributed by atoms with Gasteiger partial charge in [-0.05, 0) is 31.5 Å². The number of rotatable bonds is 2. The maximum atomic E-state index is 9.96. The first-order valence-electron chi connectivity index (χ1n) is 6.20. The third-order valence-electron chi connectivity index (χ3n) is 3.26. The predicted molar refractivity (Wildman–Crippen MR) is 77.2 cm³/mol. The van der Waals surface area contributed by atoms with Gasteiger partial charge in [0.15, 0.2) is 0 Å². The summed E-state index contributed by atoms with van der Waals surface area (Å²) in [6, 6.07) is 5.49. The Balaban J connectivity index is 1.87. The van der Waals surface area contributed by atoms with Crippen molar-refractivity contribution in [3.63, 3.8) is 0 Å². The standard InChI is InChI=1S/C13H13Cl2N3O2/c1-13(19)2-3-18(7-13)12-16-11(17-20-12)8-4-9(14)6-10(15)5-8/h4-6,19H,2-3,7H2,1H3. The molecule has 1 saturated heterocycles. The van der Waals surface area contributed by atoms with Crippen LogP contribution in [0.25, 0.3) is 11.4 Å². The van der Waals surface area contributed by atoms with Crippen LogP contribution < -0.4 is 4.90 Å². The maximum absolute atomic E-state index is 9.96. The lowest BCUT2D eigenvalue weighted by Crippen LogP contribution is -2.29. The predicted octanol–water partition coefficient (Wildman–Crippen LogP) is 3.00. The Morgan fingerprint density at radius 1 is 1.30 bits per heavy atom. The number of β-amino-alcohol motifs (C(OH)–C–C–N with tert-alkyl or cyclic N) is 1. The van der Waals surface area contributed by atoms with E-state index >= 15 is 0 Å². The summed E-state index contributed by atoms with van der Waals surface area (Å²) in [6.45, 7) is 2.96. The fourth-order valence-electron chi connectivity index (χ4n) is 2.25. The number of aromatic nitrogens is 2. The van der Waals surface area contributed by atoms with Crippen LogP contribution in [-0.4, -0.2) is 33.9 Å². The average molecular weight is 314 g/mol. The molecular formula is C13H13Cl2N3O2. The smallest absolute Gasteiger partial charge is 0.324 e. The normalized spacial score (nSPS) is 22.5. The van der Waals surface area contributed by atoms with Crippen molar-refractivity contribution in [2.75, 3.05) is 18.0 Å². The van der Waals surface area contributed by atoms with Gasteiger partial charge in [0.25, 0.3) is 0 Å². The van der Waals surface area contributed by atoms with Gasteiger partial charge >= 0.3 is 6.01 Å². The summed E-state index contributed by atoms with van der Waals surface area (Å²) in [5.41, 5.74) is -0.0166. The Kier molecular flexibility index (Phi) is 3.36. The van der Waals surface area contributed by atoms with Gasteiger partial charge in [-0.25, -0.2) is 0 Å². The zero-order chi connectivity index (χ0) is 14.3. The second-order valence-corrected chi connectivity index (χ2v) is 6.10. The highest BCUT2D eigenvalue weighted by atomic mass is 35.5. The molecule has 1 unspecified atom stereocenters. The van der Waals surface area contributed by atoms with Gasteiger partial charge in [-0.15, -0.1) is 0 Å². The van der Waals surface area contributed by atoms with Gasteiger partial charge in [-0.3, -0.25) is 0 Å². The topological polar surface area (TPSA) is 62.4 Å². The van der Waals surface area contributed by atoms with Gasteiger partial charge in [0.1, 0.15) is 0 Å². The van der Waals surface area contributed by atoms with Crippen molar-refractivity contribution in [1.82, 2.24) is 10.1 Å². The van der Waals surface area contributed by atoms with E-state index in [4.69, 9.17) is 27.7 Å². The number of hydrogen-bond acceptors (Lipinski definition) is 5. The Morgan fingerprint density at radius 2 is 2.00 bits per heavy atom. The van der Waals surface area contributed by atoms with E-state index in [0.717, 1.165) is 0 Å². The van der Waals surface area contributed by atoms with Gasteiger partial charge in [-0.1, -0.05) is 28.4 Å². The molecule has 7 heteroatoms. The quantitative estimate of drug-likeness (QED) is 0.923. The molecule has 0 saturated carbocycles. The van der Waals surface area contributed by atoms with E-state index in [1.54, 1.807) is 25.1 Å². The minimum absolute atomic E-state index is 0.397. The maximum Gasteiger partial charge on any atom is 0.324 e. The number of nitrogens with zero attached hydrogens (tertiary/aromatic N) is 3. The van der Waals surface area contributed by atoms with E-state index < -0.39 is 5.60 Å². The first-order chi connectivity index (χ1) is 9.43. The van der Waals surface area contributed by atoms with Gasteiger partial charge in [-0.2, -0.15) is 4.98 Å². The molecule has 1 aromatic heterocycles. The van der Waals surface area contributed by atoms with Crippen molar-refractivity contribution in [2.24, 2.45) is 0 Å². The Morgan fingerprint density at radius 3 is 2.60 bits per heavy atom. The molecule has 2 heterocycles. The van der Waals surface area contributed by atoms with Crippen molar-refractivity contribution >= 4 is 29.2 Å². The van der Waals surface area contributed by atoms with Crippen molar-refractivity contribution in [3.05, 3.63) is 28.2 Å². The summed E-state index contributed by atoms with van der Waals surface area (Å²) in [4.78, 5) is 6.19. The molecule has 2 aromatic rings. The minimum atomic E-state index is -0.714. The largest absolute Gasteiger partial charge is 0.388 e. The molecule has 0 radical (unpaired) electrons. The van der Waals surface area contributed by atoms with E-state index in [9.17, 15) is 5.11 Å². The number of hydrogen-bond donors (Lipinski definition) is 1. The van der Waals surface area contributed by atoms with Crippen molar-refractivity contribution in [1.29, 1.82) is 0 Å². The highest BCUT2D eigenvalue weighted by Crippen LogP contribution is 2.29. The molecule has 0 aliphatic carbocycles. The molecule has 0 bridgehead atoms. The third-order valence-corrected chi connectivity index (χ3v) is 3.69. The first kappa shape index (κ1) is 13.7. The minimum Gasteiger partial charge on any atom is -0.388 e. The van der Waals surface area contributed by atoms with E-state index in [1.165, 1.54) is 0 Å². The Labute approximate surface area is 126 Å². The van der Waals surface area contributed by atoms with Crippen LogP contribution in [-0.2, 0) is 0 Å². The van der Waals surface area contributed by atoms with Gasteiger partial charge < -0.3 is 14.5 Å². The lowest BCUT2D eigenvalue weighted by Gasteiger charge is -2.16. The summed E-state index contributed by atoms with van der Waals surface area (Å²) < 4.78 is 5.24. The zero-order valence-corrected chi connectivity index (χ0v) is 12.3. The molecule has 0 spiro atoms. The summed E-state index contributed by atoms with van der Waals surface area (Å²) in [7, 11) is 0. The number of benzene rings is 1. The molecule has 20 heavy (non-hydrogen) atoms. The molecule has 5 nitrogen and oxygen atoms in total. The number of halogens is 2. The van der Waals surface area contributed by atoms with Crippen LogP contribution in [0, 0.1) is 0 Å². The summed E-state index contributed by atoms with van der Waals surface area (Å²) in [5.74, 6) is 0.427. The lowest BCUT2D eigenvalue weighted by molar-refractivity contribution is 0.0835. The van der Waals surface area contributed by atoms with Crippen molar-refractivity contribution in [2.45, 2.75) is 18.9 Å². The summed E-state index contributed by atoms with van der Waals surface area (Å²) >= 11 is 11.9. The molecule has 1 aliphatic heterocycles. The number of aliphatic hydroxyl groups is 1. The van der Waals surface area contributed by atoms with Crippen molar-refractivity contribution < 1.29 is 9.63 Å². The van der Waals surface area contributed by atoms with Gasteiger partial charge in [0.2, 0.25) is 5.82 Å². The zero-order valence-electron chi connectivity index (χ0n) is 10.8. The molecule has 1 aliphatic rings. The van der Waals surface area contributed by atoms with E-state index in [-0.39, 0.29) is 0 Å². The van der Waals surface area contributed by atoms with Crippen LogP contribution in [0.5, 0.6) is 0 Å². The van der Waals surface area contributed by atoms with Gasteiger partial charge in [0, 0.05) is 22.2 Å². The third kappa shape index (κ3) is 2.75. The van der Waals surface area contributed by atoms with Gasteiger partial charge in [0.05, 0.1) is 12.1 Å². The summed E-state index contributed by atoms with van der Waals surface area (Å²) in [5, 5.41) is 14.9. The van der Waals surface area contributed by atoms with Crippen LogP contribution in [0.1, 0.15) is 13.3 Å². The molecule has 0 amide bonds. The molecule has 1 aromatic carbocycles. The monoisotopic (exact) mass is 313 g/mol. The van der Waals surface area contributed by atoms with E-state index in [0.29, 0.717) is 47.0 Å². The highest BCUT2D eigenvalue weighted by molar-refractivity contribution is 6.35. The molecule has 106 valence electrons. The molecular weight excluding hydrogens is 301 g/mol. The van der Waals surface area contributed by atoms with E-state index in [1.807, 2.05) is 4.90 Å². The first-order valence-corrected chi connectivity index (χ1v) is 6.96. The highest BCUT2D eigenvalue weighted by Gasteiger charge is 2.34. The lowest BCUT2D eigenvalue weighted by atomic mass is 10.1. The molecule has 1 N–H and O–H groups in total. The SMILES string of the molecule is CC1(O)CCN(c2nc(-c3cc(Cl)cc(Cl)c3)no2)C1. The van der Waals surface area contributed by atoms with E-state index in [2.05, 4.69) is 10.1 Å². The summed E-state index contributed by atoms with van der Waals surface area (Å²) in [6.07, 6.45) is 0.674. The number of anilines is 1. The fraction of sp³-hybridized carbons (Fsp3) is 0.385. The van der Waals surface area contributed by atoms with Crippen molar-refractivity contribution in [3.8, 4) is 11.4 Å². The second kappa shape index (κ2) is 4.91. The van der Waals surface area contributed by atoms with Crippen LogP contribution >= 0.6 is 23.2 Å². The van der Waals surface area contributed by atoms with Crippen LogP contribution in [0.3, 0.4) is 0 Å². The fourth-order valence-corrected chi connectivity index (χ4v) is 2.78. The molecule has 3 rings (SSSR count). The second-order valence-electron chi connectivity index (χ2n) is 5.23. The van der Waals surface area contributed by atoms with Crippen LogP contribution in [0.2, 0.25) is 10.0 Å². The average Bonchev–Trinajstić information content (AvgIpc) is 2.94. The Bertz CT molecular complexity index is 622. The van der Waals surface area contributed by atoms with Crippen LogP contribution in [0.4, 0.5) is 6.01 Å².